The van der Waals surface area contributed by atoms with E-state index < -0.39 is 23.3 Å². The molecule has 4 aliphatic heterocycles. The minimum atomic E-state index is -0.910. The molecule has 2 bridgehead atoms. The molecule has 0 amide bonds. The smallest absolute Gasteiger partial charge is 0.319 e. The van der Waals surface area contributed by atoms with Gasteiger partial charge in [0.25, 0.3) is 0 Å². The summed E-state index contributed by atoms with van der Waals surface area (Å²) in [5.41, 5.74) is -0.316. The highest BCUT2D eigenvalue weighted by Crippen LogP contribution is 2.43. The Morgan fingerprint density at radius 2 is 1.93 bits per heavy atom. The van der Waals surface area contributed by atoms with E-state index in [4.69, 9.17) is 9.72 Å². The number of nitrogens with zero attached hydrogens (tertiary/aromatic N) is 5. The molecule has 8 rings (SSSR count). The largest absolute Gasteiger partial charge is 0.508 e. The van der Waals surface area contributed by atoms with E-state index in [-0.39, 0.29) is 52.5 Å². The Balaban J connectivity index is 1.29. The second-order valence-corrected chi connectivity index (χ2v) is 12.2. The fraction of sp³-hybridized carbons (Fsp3) is 0.452. The number of anilines is 1. The quantitative estimate of drug-likeness (QED) is 0.353. The maximum Gasteiger partial charge on any atom is 0.319 e. The zero-order valence-electron chi connectivity index (χ0n) is 23.0. The maximum atomic E-state index is 16.6. The number of phenols is 1. The van der Waals surface area contributed by atoms with Crippen LogP contribution < -0.4 is 15.0 Å². The van der Waals surface area contributed by atoms with Gasteiger partial charge in [0, 0.05) is 60.7 Å². The minimum Gasteiger partial charge on any atom is -0.508 e. The van der Waals surface area contributed by atoms with Gasteiger partial charge in [0.1, 0.15) is 35.7 Å². The molecule has 218 valence electrons. The van der Waals surface area contributed by atoms with Gasteiger partial charge in [-0.05, 0) is 56.5 Å². The standard InChI is InChI=1S/C31H31F3N6O2/c32-18-12-31(6-2-8-39(31)15-18)16-42-30-37-28-23(29(38-30)40-19-4-5-20(40)14-35-13-19)11-24(33)25(26(28)34)22-10-21(41)9-17-3-1-7-36-27(17)22/h1,3,7,9-11,18-20,35,41H,2,4-6,8,12-16H2/t18-,19-,20+,31+/m1/s1. The first-order valence-corrected chi connectivity index (χ1v) is 14.7. The number of benzene rings is 2. The van der Waals surface area contributed by atoms with E-state index in [1.54, 1.807) is 18.3 Å². The molecule has 0 aliphatic carbocycles. The third-order valence-corrected chi connectivity index (χ3v) is 9.66. The van der Waals surface area contributed by atoms with Crippen LogP contribution in [0.15, 0.2) is 36.5 Å². The fourth-order valence-electron chi connectivity index (χ4n) is 7.81. The normalized spacial score (nSPS) is 27.3. The van der Waals surface area contributed by atoms with Crippen LogP contribution in [0.25, 0.3) is 32.9 Å². The highest BCUT2D eigenvalue weighted by atomic mass is 19.1. The van der Waals surface area contributed by atoms with Gasteiger partial charge in [0.2, 0.25) is 0 Å². The fourth-order valence-corrected chi connectivity index (χ4v) is 7.81. The van der Waals surface area contributed by atoms with E-state index in [0.717, 1.165) is 45.3 Å². The predicted molar refractivity (Wildman–Crippen MR) is 153 cm³/mol. The monoisotopic (exact) mass is 576 g/mol. The molecule has 0 unspecified atom stereocenters. The molecule has 11 heteroatoms. The topological polar surface area (TPSA) is 86.6 Å². The van der Waals surface area contributed by atoms with Gasteiger partial charge in [-0.1, -0.05) is 6.07 Å². The van der Waals surface area contributed by atoms with Crippen LogP contribution >= 0.6 is 0 Å². The third kappa shape index (κ3) is 4.00. The van der Waals surface area contributed by atoms with Gasteiger partial charge in [-0.25, -0.2) is 13.2 Å². The van der Waals surface area contributed by atoms with E-state index in [9.17, 15) is 9.50 Å². The molecule has 6 heterocycles. The van der Waals surface area contributed by atoms with Crippen LogP contribution in [0.4, 0.5) is 19.0 Å². The van der Waals surface area contributed by atoms with Crippen molar-refractivity contribution in [1.82, 2.24) is 25.2 Å². The third-order valence-electron chi connectivity index (χ3n) is 9.66. The van der Waals surface area contributed by atoms with Gasteiger partial charge in [0.05, 0.1) is 16.6 Å². The number of hydrogen-bond donors (Lipinski definition) is 2. The molecule has 4 aromatic rings. The Hall–Kier alpha value is -3.70. The number of rotatable bonds is 5. The van der Waals surface area contributed by atoms with Crippen molar-refractivity contribution in [3.8, 4) is 22.9 Å². The number of phenolic OH excluding ortho intramolecular Hbond substituents is 1. The molecule has 0 spiro atoms. The average Bonchev–Trinajstić information content (AvgIpc) is 3.58. The van der Waals surface area contributed by atoms with Crippen LogP contribution in [0, 0.1) is 11.6 Å². The second kappa shape index (κ2) is 9.67. The van der Waals surface area contributed by atoms with Crippen molar-refractivity contribution < 1.29 is 23.0 Å². The van der Waals surface area contributed by atoms with Crippen LogP contribution in [-0.4, -0.2) is 81.5 Å². The van der Waals surface area contributed by atoms with Crippen molar-refractivity contribution in [3.05, 3.63) is 48.2 Å². The predicted octanol–water partition coefficient (Wildman–Crippen LogP) is 4.72. The minimum absolute atomic E-state index is 0.00526. The Kier molecular flexibility index (Phi) is 5.98. The van der Waals surface area contributed by atoms with Gasteiger partial charge in [0.15, 0.2) is 5.82 Å². The molecule has 2 N–H and O–H groups in total. The zero-order chi connectivity index (χ0) is 28.6. The lowest BCUT2D eigenvalue weighted by Crippen LogP contribution is -2.52. The zero-order valence-corrected chi connectivity index (χ0v) is 23.0. The van der Waals surface area contributed by atoms with E-state index in [1.165, 1.54) is 18.2 Å². The Labute approximate surface area is 240 Å². The number of fused-ring (bicyclic) bond motifs is 5. The lowest BCUT2D eigenvalue weighted by Gasteiger charge is -2.37. The van der Waals surface area contributed by atoms with E-state index in [2.05, 4.69) is 25.1 Å². The van der Waals surface area contributed by atoms with E-state index in [0.29, 0.717) is 29.7 Å². The number of piperazine rings is 1. The number of aromatic hydroxyl groups is 1. The van der Waals surface area contributed by atoms with Crippen LogP contribution in [0.2, 0.25) is 0 Å². The Bertz CT molecular complexity index is 1710. The van der Waals surface area contributed by atoms with Crippen molar-refractivity contribution in [2.75, 3.05) is 37.7 Å². The average molecular weight is 577 g/mol. The lowest BCUT2D eigenvalue weighted by atomic mass is 9.95. The van der Waals surface area contributed by atoms with Gasteiger partial charge >= 0.3 is 6.01 Å². The summed E-state index contributed by atoms with van der Waals surface area (Å²) in [5, 5.41) is 14.7. The van der Waals surface area contributed by atoms with E-state index in [1.807, 2.05) is 0 Å². The van der Waals surface area contributed by atoms with Crippen LogP contribution in [0.3, 0.4) is 0 Å². The molecule has 4 saturated heterocycles. The van der Waals surface area contributed by atoms with Gasteiger partial charge < -0.3 is 20.1 Å². The first-order valence-electron chi connectivity index (χ1n) is 14.7. The van der Waals surface area contributed by atoms with Gasteiger partial charge in [-0.2, -0.15) is 9.97 Å². The maximum absolute atomic E-state index is 16.6. The van der Waals surface area contributed by atoms with Crippen LogP contribution in [-0.2, 0) is 0 Å². The molecule has 8 nitrogen and oxygen atoms in total. The Morgan fingerprint density at radius 3 is 2.76 bits per heavy atom. The highest BCUT2D eigenvalue weighted by molar-refractivity contribution is 6.00. The number of pyridine rings is 1. The molecule has 0 radical (unpaired) electrons. The molecular formula is C31H31F3N6O2. The molecule has 2 aromatic heterocycles. The van der Waals surface area contributed by atoms with Crippen molar-refractivity contribution in [1.29, 1.82) is 0 Å². The molecular weight excluding hydrogens is 545 g/mol. The van der Waals surface area contributed by atoms with Crippen LogP contribution in [0.5, 0.6) is 11.8 Å². The summed E-state index contributed by atoms with van der Waals surface area (Å²) in [6.45, 7) is 2.90. The summed E-state index contributed by atoms with van der Waals surface area (Å²) in [7, 11) is 0. The van der Waals surface area contributed by atoms with Crippen molar-refractivity contribution in [3.63, 3.8) is 0 Å². The summed E-state index contributed by atoms with van der Waals surface area (Å²) in [5.74, 6) is -1.34. The number of halogens is 3. The SMILES string of the molecule is Oc1cc(-c2c(F)cc3c(N4[C@@H]5CC[C@H]4CNC5)nc(OC[C@@]45CCCN4C[C@H](F)C5)nc3c2F)c2ncccc2c1. The number of hydrogen-bond acceptors (Lipinski definition) is 8. The molecule has 4 fully saturated rings. The molecule has 4 aliphatic rings. The van der Waals surface area contributed by atoms with Crippen LogP contribution in [0.1, 0.15) is 32.1 Å². The lowest BCUT2D eigenvalue weighted by molar-refractivity contribution is 0.107. The first-order chi connectivity index (χ1) is 20.4. The van der Waals surface area contributed by atoms with Crippen molar-refractivity contribution in [2.24, 2.45) is 0 Å². The van der Waals surface area contributed by atoms with Gasteiger partial charge in [-0.15, -0.1) is 0 Å². The summed E-state index contributed by atoms with van der Waals surface area (Å²) < 4.78 is 53.3. The van der Waals surface area contributed by atoms with Crippen molar-refractivity contribution >= 4 is 27.6 Å². The number of aromatic nitrogens is 3. The molecule has 2 aromatic carbocycles. The molecule has 42 heavy (non-hydrogen) atoms. The summed E-state index contributed by atoms with van der Waals surface area (Å²) in [6, 6.07) is 7.79. The molecule has 4 atom stereocenters. The summed E-state index contributed by atoms with van der Waals surface area (Å²) >= 11 is 0. The number of nitrogens with one attached hydrogen (secondary N) is 1. The molecule has 0 saturated carbocycles. The summed E-state index contributed by atoms with van der Waals surface area (Å²) in [6.07, 6.45) is 4.69. The number of alkyl halides is 1. The summed E-state index contributed by atoms with van der Waals surface area (Å²) in [4.78, 5) is 17.9. The first kappa shape index (κ1) is 26.0. The Morgan fingerprint density at radius 1 is 1.10 bits per heavy atom. The van der Waals surface area contributed by atoms with E-state index >= 15 is 8.78 Å². The highest BCUT2D eigenvalue weighted by Gasteiger charge is 2.49. The second-order valence-electron chi connectivity index (χ2n) is 12.2. The number of ether oxygens (including phenoxy) is 1. The van der Waals surface area contributed by atoms with Crippen molar-refractivity contribution in [2.45, 2.75) is 55.9 Å². The van der Waals surface area contributed by atoms with Gasteiger partial charge in [-0.3, -0.25) is 9.88 Å².